The zero-order valence-corrected chi connectivity index (χ0v) is 17.5. The molecule has 1 aliphatic heterocycles. The third-order valence-corrected chi connectivity index (χ3v) is 5.43. The summed E-state index contributed by atoms with van der Waals surface area (Å²) in [5.41, 5.74) is 2.15. The number of hydrogen-bond acceptors (Lipinski definition) is 5. The second kappa shape index (κ2) is 9.35. The van der Waals surface area contributed by atoms with Gasteiger partial charge in [0.05, 0.1) is 18.6 Å². The molecule has 1 aliphatic rings. The van der Waals surface area contributed by atoms with Crippen LogP contribution in [0.4, 0.5) is 0 Å². The van der Waals surface area contributed by atoms with Crippen LogP contribution in [0.15, 0.2) is 108 Å². The molecule has 0 radical (unpaired) electrons. The van der Waals surface area contributed by atoms with Crippen LogP contribution in [0.3, 0.4) is 0 Å². The lowest BCUT2D eigenvalue weighted by molar-refractivity contribution is -0.143. The van der Waals surface area contributed by atoms with Gasteiger partial charge in [0, 0.05) is 5.92 Å². The Bertz CT molecular complexity index is 1160. The van der Waals surface area contributed by atoms with Crippen molar-refractivity contribution in [3.05, 3.63) is 125 Å². The van der Waals surface area contributed by atoms with Crippen LogP contribution in [0.1, 0.15) is 28.5 Å². The van der Waals surface area contributed by atoms with Gasteiger partial charge in [0.1, 0.15) is 0 Å². The molecule has 0 spiro atoms. The van der Waals surface area contributed by atoms with Crippen LogP contribution in [0.2, 0.25) is 0 Å². The second-order valence-corrected chi connectivity index (χ2v) is 7.37. The monoisotopic (exact) mass is 426 g/mol. The fourth-order valence-corrected chi connectivity index (χ4v) is 3.94. The maximum absolute atomic E-state index is 13.0. The largest absolute Gasteiger partial charge is 0.504 e. The molecule has 3 aromatic carbocycles. The second-order valence-electron chi connectivity index (χ2n) is 7.37. The van der Waals surface area contributed by atoms with Crippen molar-refractivity contribution in [2.45, 2.75) is 11.8 Å². The molecule has 0 aromatic heterocycles. The topological polar surface area (TPSA) is 72.8 Å². The van der Waals surface area contributed by atoms with Gasteiger partial charge in [-0.05, 0) is 22.8 Å². The van der Waals surface area contributed by atoms with Gasteiger partial charge >= 0.3 is 11.9 Å². The van der Waals surface area contributed by atoms with E-state index in [1.54, 1.807) is 18.2 Å². The zero-order valence-electron chi connectivity index (χ0n) is 17.5. The van der Waals surface area contributed by atoms with E-state index in [0.29, 0.717) is 11.1 Å². The number of ether oxygens (including phenoxy) is 2. The molecule has 0 amide bonds. The number of esters is 2. The first kappa shape index (κ1) is 21.1. The molecule has 32 heavy (non-hydrogen) atoms. The summed E-state index contributed by atoms with van der Waals surface area (Å²) in [7, 11) is 1.31. The molecule has 1 N–H and O–H groups in total. The summed E-state index contributed by atoms with van der Waals surface area (Å²) < 4.78 is 10.5. The summed E-state index contributed by atoms with van der Waals surface area (Å²) in [6.45, 7) is 0. The van der Waals surface area contributed by atoms with E-state index in [9.17, 15) is 14.7 Å². The zero-order chi connectivity index (χ0) is 22.5. The first-order valence-electron chi connectivity index (χ1n) is 10.2. The number of carbonyl (C=O) groups is 2. The molecular formula is C27H22O5. The molecule has 1 heterocycles. The van der Waals surface area contributed by atoms with Gasteiger partial charge in [0.2, 0.25) is 0 Å². The van der Waals surface area contributed by atoms with Crippen LogP contribution in [0.25, 0.3) is 6.08 Å². The van der Waals surface area contributed by atoms with Crippen LogP contribution in [0.5, 0.6) is 0 Å². The van der Waals surface area contributed by atoms with E-state index < -0.39 is 23.8 Å². The van der Waals surface area contributed by atoms with Gasteiger partial charge in [-0.1, -0.05) is 91.0 Å². The van der Waals surface area contributed by atoms with E-state index in [-0.39, 0.29) is 17.1 Å². The maximum Gasteiger partial charge on any atom is 0.344 e. The molecule has 0 bridgehead atoms. The molecule has 3 aromatic rings. The third kappa shape index (κ3) is 4.18. The summed E-state index contributed by atoms with van der Waals surface area (Å²) in [5.74, 6) is -3.10. The fourth-order valence-electron chi connectivity index (χ4n) is 3.94. The highest BCUT2D eigenvalue weighted by Crippen LogP contribution is 2.44. The number of carbonyl (C=O) groups excluding carboxylic acids is 2. The van der Waals surface area contributed by atoms with Crippen molar-refractivity contribution < 1.29 is 24.2 Å². The molecule has 0 unspecified atom stereocenters. The van der Waals surface area contributed by atoms with E-state index in [1.807, 2.05) is 78.9 Å². The van der Waals surface area contributed by atoms with Crippen molar-refractivity contribution in [3.63, 3.8) is 0 Å². The first-order chi connectivity index (χ1) is 15.6. The number of methoxy groups -OCH3 is 1. The Morgan fingerprint density at radius 3 is 1.97 bits per heavy atom. The van der Waals surface area contributed by atoms with Crippen molar-refractivity contribution >= 4 is 18.0 Å². The van der Waals surface area contributed by atoms with Crippen LogP contribution in [-0.2, 0) is 19.1 Å². The average molecular weight is 426 g/mol. The molecule has 0 saturated heterocycles. The molecule has 5 nitrogen and oxygen atoms in total. The van der Waals surface area contributed by atoms with Crippen LogP contribution in [-0.4, -0.2) is 24.2 Å². The van der Waals surface area contributed by atoms with Crippen molar-refractivity contribution in [3.8, 4) is 0 Å². The number of cyclic esters (lactones) is 1. The van der Waals surface area contributed by atoms with Crippen molar-refractivity contribution in [1.29, 1.82) is 0 Å². The summed E-state index contributed by atoms with van der Waals surface area (Å²) in [4.78, 5) is 26.0. The standard InChI is InChI=1S/C27H22O5/c1-31-26(29)23(20-15-9-4-10-16-20)22(19-13-7-3-8-14-19)24-25(28)21(32-27(24)30)17-18-11-5-2-6-12-18/h2-17,22-23,28H,1H3/t22-,23+/m1/s1. The lowest BCUT2D eigenvalue weighted by atomic mass is 9.76. The Morgan fingerprint density at radius 1 is 0.875 bits per heavy atom. The van der Waals surface area contributed by atoms with Gasteiger partial charge in [-0.25, -0.2) is 4.79 Å². The summed E-state index contributed by atoms with van der Waals surface area (Å²) in [6.07, 6.45) is 1.60. The Kier molecular flexibility index (Phi) is 6.17. The summed E-state index contributed by atoms with van der Waals surface area (Å²) in [5, 5.41) is 11.1. The molecule has 0 fully saturated rings. The Morgan fingerprint density at radius 2 is 1.41 bits per heavy atom. The van der Waals surface area contributed by atoms with Gasteiger partial charge in [0.15, 0.2) is 11.5 Å². The van der Waals surface area contributed by atoms with Gasteiger partial charge in [-0.15, -0.1) is 0 Å². The predicted molar refractivity (Wildman–Crippen MR) is 121 cm³/mol. The lowest BCUT2D eigenvalue weighted by Gasteiger charge is -2.26. The molecule has 0 saturated carbocycles. The van der Waals surface area contributed by atoms with Crippen molar-refractivity contribution in [1.82, 2.24) is 0 Å². The highest BCUT2D eigenvalue weighted by atomic mass is 16.6. The molecule has 2 atom stereocenters. The number of rotatable bonds is 6. The first-order valence-corrected chi connectivity index (χ1v) is 10.2. The molecule has 4 rings (SSSR count). The van der Waals surface area contributed by atoms with Crippen molar-refractivity contribution in [2.75, 3.05) is 7.11 Å². The molecule has 160 valence electrons. The normalized spacial score (nSPS) is 16.5. The Balaban J connectivity index is 1.90. The summed E-state index contributed by atoms with van der Waals surface area (Å²) in [6, 6.07) is 27.4. The average Bonchev–Trinajstić information content (AvgIpc) is 3.11. The number of benzene rings is 3. The van der Waals surface area contributed by atoms with Crippen LogP contribution >= 0.6 is 0 Å². The number of aliphatic hydroxyl groups is 1. The SMILES string of the molecule is COC(=O)[C@@H](c1ccccc1)[C@H](C1=C(O)C(=Cc2ccccc2)OC1=O)c1ccccc1. The van der Waals surface area contributed by atoms with E-state index in [2.05, 4.69) is 0 Å². The van der Waals surface area contributed by atoms with E-state index in [4.69, 9.17) is 9.47 Å². The highest BCUT2D eigenvalue weighted by Gasteiger charge is 2.43. The quantitative estimate of drug-likeness (QED) is 0.553. The van der Waals surface area contributed by atoms with Gasteiger partial charge in [-0.2, -0.15) is 0 Å². The maximum atomic E-state index is 13.0. The van der Waals surface area contributed by atoms with Crippen molar-refractivity contribution in [2.24, 2.45) is 0 Å². The number of hydrogen-bond donors (Lipinski definition) is 1. The summed E-state index contributed by atoms with van der Waals surface area (Å²) >= 11 is 0. The minimum absolute atomic E-state index is 0.0256. The smallest absolute Gasteiger partial charge is 0.344 e. The Hall–Kier alpha value is -4.12. The highest BCUT2D eigenvalue weighted by molar-refractivity contribution is 5.98. The lowest BCUT2D eigenvalue weighted by Crippen LogP contribution is -2.25. The van der Waals surface area contributed by atoms with Gasteiger partial charge < -0.3 is 14.6 Å². The van der Waals surface area contributed by atoms with Gasteiger partial charge in [0.25, 0.3) is 0 Å². The third-order valence-electron chi connectivity index (χ3n) is 5.43. The number of aliphatic hydroxyl groups excluding tert-OH is 1. The molecular weight excluding hydrogens is 404 g/mol. The molecule has 0 aliphatic carbocycles. The minimum atomic E-state index is -0.857. The minimum Gasteiger partial charge on any atom is -0.504 e. The van der Waals surface area contributed by atoms with Crippen LogP contribution in [0, 0.1) is 0 Å². The fraction of sp³-hybridized carbons (Fsp3) is 0.111. The Labute approximate surface area is 186 Å². The van der Waals surface area contributed by atoms with Crippen LogP contribution < -0.4 is 0 Å². The predicted octanol–water partition coefficient (Wildman–Crippen LogP) is 5.14. The van der Waals surface area contributed by atoms with Gasteiger partial charge in [-0.3, -0.25) is 4.79 Å². The van der Waals surface area contributed by atoms with E-state index >= 15 is 0 Å². The molecule has 5 heteroatoms. The van der Waals surface area contributed by atoms with E-state index in [0.717, 1.165) is 5.56 Å². The van der Waals surface area contributed by atoms with E-state index in [1.165, 1.54) is 7.11 Å².